The van der Waals surface area contributed by atoms with Crippen LogP contribution in [0.15, 0.2) is 50.5 Å². The van der Waals surface area contributed by atoms with Gasteiger partial charge in [-0.25, -0.2) is 5.43 Å². The molecule has 2 heterocycles. The van der Waals surface area contributed by atoms with E-state index in [4.69, 9.17) is 20.4 Å². The van der Waals surface area contributed by atoms with Crippen LogP contribution in [0.3, 0.4) is 0 Å². The third-order valence-corrected chi connectivity index (χ3v) is 5.67. The molecule has 1 aliphatic rings. The molecule has 3 N–H and O–H groups in total. The second-order valence-corrected chi connectivity index (χ2v) is 7.89. The van der Waals surface area contributed by atoms with Crippen LogP contribution >= 0.6 is 11.6 Å². The molecule has 0 fully saturated rings. The van der Waals surface area contributed by atoms with Gasteiger partial charge in [-0.1, -0.05) is 23.7 Å². The zero-order chi connectivity index (χ0) is 23.5. The molecule has 2 aromatic heterocycles. The molecule has 0 spiro atoms. The number of nitrogens with one attached hydrogen (secondary N) is 3. The van der Waals surface area contributed by atoms with Gasteiger partial charge in [0.25, 0.3) is 11.8 Å². The summed E-state index contributed by atoms with van der Waals surface area (Å²) in [5.74, 6) is -0.436. The van der Waals surface area contributed by atoms with Crippen LogP contribution in [0.4, 0.5) is 0 Å². The molecule has 0 unspecified atom stereocenters. The number of hydrazine groups is 1. The van der Waals surface area contributed by atoms with E-state index in [1.54, 1.807) is 38.1 Å². The fraction of sp³-hybridized carbons (Fsp3) is 0.217. The topological polar surface area (TPSA) is 126 Å². The lowest BCUT2D eigenvalue weighted by molar-refractivity contribution is 0.0828. The minimum Gasteiger partial charge on any atom is -0.469 e. The summed E-state index contributed by atoms with van der Waals surface area (Å²) in [6.45, 7) is 3.38. The van der Waals surface area contributed by atoms with Gasteiger partial charge in [-0.15, -0.1) is 0 Å². The number of fused-ring (bicyclic) bond motifs is 1. The molecule has 0 atom stereocenters. The monoisotopic (exact) mass is 468 g/mol. The number of hydrogen-bond donors (Lipinski definition) is 3. The van der Waals surface area contributed by atoms with Gasteiger partial charge >= 0.3 is 5.91 Å². The lowest BCUT2D eigenvalue weighted by Crippen LogP contribution is -2.41. The third kappa shape index (κ3) is 4.54. The number of carbonyl (C=O) groups is 3. The van der Waals surface area contributed by atoms with Crippen molar-refractivity contribution in [2.75, 3.05) is 0 Å². The van der Waals surface area contributed by atoms with E-state index in [2.05, 4.69) is 21.4 Å². The number of carbonyl (C=O) groups excluding carboxylic acids is 3. The molecule has 33 heavy (non-hydrogen) atoms. The van der Waals surface area contributed by atoms with Crippen molar-refractivity contribution in [1.29, 1.82) is 0 Å². The Kier molecular flexibility index (Phi) is 6.32. The fourth-order valence-corrected chi connectivity index (χ4v) is 3.90. The van der Waals surface area contributed by atoms with E-state index in [1.807, 2.05) is 0 Å². The Balaban J connectivity index is 1.50. The summed E-state index contributed by atoms with van der Waals surface area (Å²) in [7, 11) is 0. The summed E-state index contributed by atoms with van der Waals surface area (Å²) in [6, 6.07) is 8.19. The maximum Gasteiger partial charge on any atom is 0.305 e. The Morgan fingerprint density at radius 1 is 0.970 bits per heavy atom. The van der Waals surface area contributed by atoms with Crippen LogP contribution in [0.2, 0.25) is 5.02 Å². The van der Waals surface area contributed by atoms with Crippen LogP contribution in [0.25, 0.3) is 0 Å². The molecule has 3 aromatic rings. The minimum absolute atomic E-state index is 0.0660. The van der Waals surface area contributed by atoms with E-state index < -0.39 is 17.7 Å². The molecule has 3 amide bonds. The molecule has 0 bridgehead atoms. The SMILES string of the molecule is Cc1occc1C(=O)NNC(=O)c1oc2c(c1C)/C(=N/NC(=O)c1ccccc1Cl)CCC2. The number of rotatable bonds is 4. The molecule has 1 aliphatic carbocycles. The van der Waals surface area contributed by atoms with Crippen molar-refractivity contribution in [3.63, 3.8) is 0 Å². The van der Waals surface area contributed by atoms with E-state index in [-0.39, 0.29) is 5.76 Å². The number of amides is 3. The maximum absolute atomic E-state index is 12.7. The van der Waals surface area contributed by atoms with Gasteiger partial charge in [0.15, 0.2) is 5.76 Å². The summed E-state index contributed by atoms with van der Waals surface area (Å²) in [6.07, 6.45) is 3.37. The maximum atomic E-state index is 12.7. The van der Waals surface area contributed by atoms with Crippen molar-refractivity contribution in [3.05, 3.63) is 81.2 Å². The lowest BCUT2D eigenvalue weighted by Gasteiger charge is -2.13. The Bertz CT molecular complexity index is 1270. The highest BCUT2D eigenvalue weighted by atomic mass is 35.5. The van der Waals surface area contributed by atoms with Gasteiger partial charge in [0.05, 0.1) is 28.1 Å². The molecule has 4 rings (SSSR count). The summed E-state index contributed by atoms with van der Waals surface area (Å²) >= 11 is 6.07. The zero-order valence-corrected chi connectivity index (χ0v) is 18.7. The fourth-order valence-electron chi connectivity index (χ4n) is 3.68. The van der Waals surface area contributed by atoms with Gasteiger partial charge in [0.1, 0.15) is 11.5 Å². The predicted molar refractivity (Wildman–Crippen MR) is 120 cm³/mol. The number of furan rings is 2. The summed E-state index contributed by atoms with van der Waals surface area (Å²) < 4.78 is 10.9. The van der Waals surface area contributed by atoms with Gasteiger partial charge in [-0.3, -0.25) is 25.2 Å². The van der Waals surface area contributed by atoms with Crippen molar-refractivity contribution in [2.24, 2.45) is 5.10 Å². The Hall–Kier alpha value is -3.85. The molecule has 9 nitrogen and oxygen atoms in total. The standard InChI is InChI=1S/C23H21ClN4O5/c1-12-19-17(25-26-22(30)15-6-3-4-7-16(15)24)8-5-9-18(19)33-20(12)23(31)28-27-21(29)14-10-11-32-13(14)2/h3-4,6-7,10-11H,5,8-9H2,1-2H3,(H,26,30)(H,27,29)(H,28,31)/b25-17+. The first-order valence-electron chi connectivity index (χ1n) is 10.3. The zero-order valence-electron chi connectivity index (χ0n) is 18.0. The van der Waals surface area contributed by atoms with E-state index in [0.717, 1.165) is 6.42 Å². The van der Waals surface area contributed by atoms with Crippen LogP contribution in [0, 0.1) is 13.8 Å². The lowest BCUT2D eigenvalue weighted by atomic mass is 9.93. The van der Waals surface area contributed by atoms with E-state index in [0.29, 0.717) is 57.4 Å². The predicted octanol–water partition coefficient (Wildman–Crippen LogP) is 3.69. The summed E-state index contributed by atoms with van der Waals surface area (Å²) in [5, 5.41) is 4.60. The van der Waals surface area contributed by atoms with Crippen molar-refractivity contribution in [3.8, 4) is 0 Å². The highest BCUT2D eigenvalue weighted by molar-refractivity contribution is 6.33. The number of nitrogens with zero attached hydrogens (tertiary/aromatic N) is 1. The molecule has 0 aliphatic heterocycles. The van der Waals surface area contributed by atoms with Gasteiger partial charge < -0.3 is 8.83 Å². The molecule has 10 heteroatoms. The molecule has 0 radical (unpaired) electrons. The number of halogens is 1. The summed E-state index contributed by atoms with van der Waals surface area (Å²) in [5.41, 5.74) is 9.73. The Morgan fingerprint density at radius 3 is 2.45 bits per heavy atom. The van der Waals surface area contributed by atoms with Crippen LogP contribution in [0.5, 0.6) is 0 Å². The van der Waals surface area contributed by atoms with Gasteiger partial charge in [0.2, 0.25) is 0 Å². The van der Waals surface area contributed by atoms with Crippen molar-refractivity contribution in [1.82, 2.24) is 16.3 Å². The number of hydrogen-bond acceptors (Lipinski definition) is 6. The van der Waals surface area contributed by atoms with Crippen LogP contribution in [0.1, 0.15) is 66.8 Å². The quantitative estimate of drug-likeness (QED) is 0.503. The minimum atomic E-state index is -0.601. The molecule has 0 saturated carbocycles. The first kappa shape index (κ1) is 22.3. The van der Waals surface area contributed by atoms with Gasteiger partial charge in [0, 0.05) is 17.5 Å². The highest BCUT2D eigenvalue weighted by Crippen LogP contribution is 2.30. The van der Waals surface area contributed by atoms with Crippen molar-refractivity contribution >= 4 is 35.0 Å². The third-order valence-electron chi connectivity index (χ3n) is 5.34. The van der Waals surface area contributed by atoms with Crippen molar-refractivity contribution in [2.45, 2.75) is 33.1 Å². The second-order valence-electron chi connectivity index (χ2n) is 7.49. The molecule has 1 aromatic carbocycles. The average molecular weight is 469 g/mol. The first-order valence-corrected chi connectivity index (χ1v) is 10.6. The molecular weight excluding hydrogens is 448 g/mol. The van der Waals surface area contributed by atoms with Gasteiger partial charge in [-0.2, -0.15) is 5.10 Å². The van der Waals surface area contributed by atoms with Gasteiger partial charge in [-0.05, 0) is 44.9 Å². The smallest absolute Gasteiger partial charge is 0.305 e. The molecule has 170 valence electrons. The van der Waals surface area contributed by atoms with Crippen LogP contribution < -0.4 is 16.3 Å². The highest BCUT2D eigenvalue weighted by Gasteiger charge is 2.28. The number of hydrazone groups is 1. The van der Waals surface area contributed by atoms with Crippen LogP contribution in [-0.4, -0.2) is 23.4 Å². The van der Waals surface area contributed by atoms with E-state index in [1.165, 1.54) is 12.3 Å². The van der Waals surface area contributed by atoms with Crippen molar-refractivity contribution < 1.29 is 23.2 Å². The summed E-state index contributed by atoms with van der Waals surface area (Å²) in [4.78, 5) is 37.3. The first-order chi connectivity index (χ1) is 15.9. The largest absolute Gasteiger partial charge is 0.469 e. The second kappa shape index (κ2) is 9.33. The molecular formula is C23H21ClN4O5. The van der Waals surface area contributed by atoms with E-state index >= 15 is 0 Å². The molecule has 0 saturated heterocycles. The Morgan fingerprint density at radius 2 is 1.73 bits per heavy atom. The average Bonchev–Trinajstić information content (AvgIpc) is 3.39. The normalized spacial score (nSPS) is 14.0. The van der Waals surface area contributed by atoms with Crippen LogP contribution in [-0.2, 0) is 6.42 Å². The Labute approximate surface area is 194 Å². The number of benzene rings is 1. The van der Waals surface area contributed by atoms with E-state index in [9.17, 15) is 14.4 Å². The number of aryl methyl sites for hydroxylation is 2.